The van der Waals surface area contributed by atoms with Gasteiger partial charge in [-0.05, 0) is 43.7 Å². The lowest BCUT2D eigenvalue weighted by molar-refractivity contribution is 0.355. The highest BCUT2D eigenvalue weighted by molar-refractivity contribution is 6.31. The topological polar surface area (TPSA) is 101 Å². The number of ether oxygens (including phenoxy) is 2. The van der Waals surface area contributed by atoms with E-state index in [0.717, 1.165) is 22.0 Å². The number of methoxy groups -OCH3 is 2. The van der Waals surface area contributed by atoms with Gasteiger partial charge in [-0.1, -0.05) is 23.2 Å². The van der Waals surface area contributed by atoms with Crippen LogP contribution in [0.1, 0.15) is 22.5 Å². The Morgan fingerprint density at radius 1 is 1.09 bits per heavy atom. The molecular weight excluding hydrogens is 428 g/mol. The number of aryl methyl sites for hydroxylation is 2. The lowest BCUT2D eigenvalue weighted by Gasteiger charge is -2.09. The van der Waals surface area contributed by atoms with Gasteiger partial charge in [-0.25, -0.2) is 9.97 Å². The predicted molar refractivity (Wildman–Crippen MR) is 125 cm³/mol. The summed E-state index contributed by atoms with van der Waals surface area (Å²) in [4.78, 5) is 24.3. The van der Waals surface area contributed by atoms with Crippen molar-refractivity contribution in [3.05, 3.63) is 68.4 Å². The number of fused-ring (bicyclic) bond motifs is 2. The number of rotatable bonds is 4. The van der Waals surface area contributed by atoms with Crippen molar-refractivity contribution in [1.82, 2.24) is 15.0 Å². The smallest absolute Gasteiger partial charge is 0.259 e. The van der Waals surface area contributed by atoms with Gasteiger partial charge in [-0.15, -0.1) is 0 Å². The SMILES string of the molecule is COc1cc2nc(C(C#N)=Cc3cc4cc(C)cc(C)c4nc3Cl)[nH]c(=O)c2cc1OC. The number of hydrogen-bond acceptors (Lipinski definition) is 6. The highest BCUT2D eigenvalue weighted by Gasteiger charge is 2.14. The zero-order valence-corrected chi connectivity index (χ0v) is 18.7. The normalized spacial score (nSPS) is 11.6. The minimum atomic E-state index is -0.402. The lowest BCUT2D eigenvalue weighted by Crippen LogP contribution is -2.11. The van der Waals surface area contributed by atoms with Gasteiger partial charge >= 0.3 is 0 Å². The van der Waals surface area contributed by atoms with Gasteiger partial charge in [0.05, 0.1) is 36.2 Å². The zero-order valence-electron chi connectivity index (χ0n) is 17.9. The number of pyridine rings is 1. The van der Waals surface area contributed by atoms with Gasteiger partial charge in [0.1, 0.15) is 11.2 Å². The summed E-state index contributed by atoms with van der Waals surface area (Å²) in [6, 6.07) is 11.2. The molecular formula is C24H19ClN4O3. The molecule has 2 aromatic carbocycles. The van der Waals surface area contributed by atoms with E-state index in [9.17, 15) is 10.1 Å². The fourth-order valence-corrected chi connectivity index (χ4v) is 3.84. The molecule has 0 spiro atoms. The third-order valence-electron chi connectivity index (χ3n) is 5.12. The van der Waals surface area contributed by atoms with Crippen LogP contribution in [0, 0.1) is 25.2 Å². The molecule has 0 fully saturated rings. The van der Waals surface area contributed by atoms with E-state index in [1.165, 1.54) is 14.2 Å². The number of hydrogen-bond donors (Lipinski definition) is 1. The molecule has 0 atom stereocenters. The summed E-state index contributed by atoms with van der Waals surface area (Å²) in [6.45, 7) is 3.98. The van der Waals surface area contributed by atoms with Crippen molar-refractivity contribution in [2.24, 2.45) is 0 Å². The Hall–Kier alpha value is -3.89. The molecule has 0 saturated carbocycles. The van der Waals surface area contributed by atoms with Gasteiger partial charge in [0, 0.05) is 17.0 Å². The Kier molecular flexibility index (Phi) is 5.56. The van der Waals surface area contributed by atoms with Gasteiger partial charge in [0.2, 0.25) is 0 Å². The number of aromatic nitrogens is 3. The third kappa shape index (κ3) is 3.77. The molecule has 0 saturated heterocycles. The number of nitrogens with one attached hydrogen (secondary N) is 1. The van der Waals surface area contributed by atoms with Crippen LogP contribution in [0.4, 0.5) is 0 Å². The lowest BCUT2D eigenvalue weighted by atomic mass is 10.0. The van der Waals surface area contributed by atoms with E-state index < -0.39 is 5.56 Å². The fraction of sp³-hybridized carbons (Fsp3) is 0.167. The second-order valence-corrected chi connectivity index (χ2v) is 7.69. The molecule has 0 radical (unpaired) electrons. The Labute approximate surface area is 188 Å². The number of allylic oxidation sites excluding steroid dienone is 1. The first-order valence-electron chi connectivity index (χ1n) is 9.70. The van der Waals surface area contributed by atoms with E-state index in [0.29, 0.717) is 28.0 Å². The van der Waals surface area contributed by atoms with E-state index in [4.69, 9.17) is 21.1 Å². The highest BCUT2D eigenvalue weighted by Crippen LogP contribution is 2.31. The van der Waals surface area contributed by atoms with Crippen molar-refractivity contribution in [2.75, 3.05) is 14.2 Å². The number of H-pyrrole nitrogens is 1. The average Bonchev–Trinajstić information content (AvgIpc) is 2.77. The highest BCUT2D eigenvalue weighted by atomic mass is 35.5. The van der Waals surface area contributed by atoms with E-state index in [-0.39, 0.29) is 16.6 Å². The molecule has 7 nitrogen and oxygen atoms in total. The minimum Gasteiger partial charge on any atom is -0.493 e. The number of nitriles is 1. The van der Waals surface area contributed by atoms with Crippen molar-refractivity contribution in [1.29, 1.82) is 5.26 Å². The second kappa shape index (κ2) is 8.33. The Bertz CT molecular complexity index is 1520. The maximum atomic E-state index is 12.7. The molecule has 8 heteroatoms. The standard InChI is InChI=1S/C24H19ClN4O3/c1-12-5-13(2)21-14(6-12)7-15(22(25)28-21)8-16(11-26)23-27-18-10-20(32-4)19(31-3)9-17(18)24(30)29-23/h5-10H,1-4H3,(H,27,29,30). The maximum absolute atomic E-state index is 12.7. The van der Waals surface area contributed by atoms with Crippen molar-refractivity contribution in [3.8, 4) is 17.6 Å². The summed E-state index contributed by atoms with van der Waals surface area (Å²) < 4.78 is 10.6. The number of nitrogens with zero attached hydrogens (tertiary/aromatic N) is 3. The largest absolute Gasteiger partial charge is 0.493 e. The van der Waals surface area contributed by atoms with Crippen LogP contribution in [0.25, 0.3) is 33.5 Å². The molecule has 0 unspecified atom stereocenters. The predicted octanol–water partition coefficient (Wildman–Crippen LogP) is 4.82. The molecule has 0 bridgehead atoms. The number of aromatic amines is 1. The zero-order chi connectivity index (χ0) is 23.0. The summed E-state index contributed by atoms with van der Waals surface area (Å²) in [5.41, 5.74) is 3.58. The Morgan fingerprint density at radius 3 is 2.50 bits per heavy atom. The Morgan fingerprint density at radius 2 is 1.81 bits per heavy atom. The molecule has 2 aromatic heterocycles. The number of halogens is 1. The molecule has 0 aliphatic heterocycles. The average molecular weight is 447 g/mol. The van der Waals surface area contributed by atoms with Gasteiger partial charge in [-0.2, -0.15) is 5.26 Å². The van der Waals surface area contributed by atoms with Crippen LogP contribution in [0.5, 0.6) is 11.5 Å². The summed E-state index contributed by atoms with van der Waals surface area (Å²) in [5, 5.41) is 11.3. The first-order chi connectivity index (χ1) is 15.3. The quantitative estimate of drug-likeness (QED) is 0.356. The first-order valence-corrected chi connectivity index (χ1v) is 10.1. The van der Waals surface area contributed by atoms with E-state index in [1.807, 2.05) is 32.0 Å². The fourth-order valence-electron chi connectivity index (χ4n) is 3.65. The van der Waals surface area contributed by atoms with Crippen LogP contribution in [0.2, 0.25) is 5.15 Å². The monoisotopic (exact) mass is 446 g/mol. The number of benzene rings is 2. The van der Waals surface area contributed by atoms with Crippen LogP contribution in [-0.2, 0) is 0 Å². The van der Waals surface area contributed by atoms with Crippen molar-refractivity contribution in [2.45, 2.75) is 13.8 Å². The third-order valence-corrected chi connectivity index (χ3v) is 5.42. The molecule has 0 aliphatic rings. The molecule has 32 heavy (non-hydrogen) atoms. The van der Waals surface area contributed by atoms with E-state index >= 15 is 0 Å². The molecule has 160 valence electrons. The van der Waals surface area contributed by atoms with Crippen molar-refractivity contribution < 1.29 is 9.47 Å². The summed E-state index contributed by atoms with van der Waals surface area (Å²) >= 11 is 6.41. The maximum Gasteiger partial charge on any atom is 0.259 e. The van der Waals surface area contributed by atoms with Crippen LogP contribution in [0.15, 0.2) is 35.1 Å². The Balaban J connectivity index is 1.89. The summed E-state index contributed by atoms with van der Waals surface area (Å²) in [6.07, 6.45) is 1.57. The summed E-state index contributed by atoms with van der Waals surface area (Å²) in [5.74, 6) is 0.962. The van der Waals surface area contributed by atoms with E-state index in [2.05, 4.69) is 21.0 Å². The second-order valence-electron chi connectivity index (χ2n) is 7.33. The van der Waals surface area contributed by atoms with E-state index in [1.54, 1.807) is 18.2 Å². The van der Waals surface area contributed by atoms with Gasteiger partial charge < -0.3 is 14.5 Å². The molecule has 4 aromatic rings. The molecule has 4 rings (SSSR count). The molecule has 0 aliphatic carbocycles. The molecule has 2 heterocycles. The molecule has 0 amide bonds. The van der Waals surface area contributed by atoms with Gasteiger partial charge in [0.25, 0.3) is 5.56 Å². The molecule has 1 N–H and O–H groups in total. The van der Waals surface area contributed by atoms with Crippen LogP contribution < -0.4 is 15.0 Å². The van der Waals surface area contributed by atoms with Crippen LogP contribution in [-0.4, -0.2) is 29.2 Å². The van der Waals surface area contributed by atoms with Crippen molar-refractivity contribution in [3.63, 3.8) is 0 Å². The van der Waals surface area contributed by atoms with Crippen LogP contribution >= 0.6 is 11.6 Å². The minimum absolute atomic E-state index is 0.119. The van der Waals surface area contributed by atoms with Gasteiger partial charge in [0.15, 0.2) is 17.3 Å². The van der Waals surface area contributed by atoms with Gasteiger partial charge in [-0.3, -0.25) is 4.79 Å². The summed E-state index contributed by atoms with van der Waals surface area (Å²) in [7, 11) is 2.98. The van der Waals surface area contributed by atoms with Crippen LogP contribution in [0.3, 0.4) is 0 Å². The van der Waals surface area contributed by atoms with Crippen molar-refractivity contribution >= 4 is 45.1 Å². The first kappa shape index (κ1) is 21.3.